The molecule has 106 valence electrons. The maximum atomic E-state index is 13.2. The highest BCUT2D eigenvalue weighted by Gasteiger charge is 2.14. The molecular formula is C16H18ClFN2. The van der Waals surface area contributed by atoms with Crippen LogP contribution in [-0.2, 0) is 6.42 Å². The van der Waals surface area contributed by atoms with E-state index in [9.17, 15) is 4.39 Å². The van der Waals surface area contributed by atoms with Crippen LogP contribution in [0.3, 0.4) is 0 Å². The number of nitrogens with zero attached hydrogens (tertiary/aromatic N) is 1. The average Bonchev–Trinajstić information content (AvgIpc) is 2.43. The highest BCUT2D eigenvalue weighted by atomic mass is 35.5. The summed E-state index contributed by atoms with van der Waals surface area (Å²) in [6.45, 7) is 4.98. The minimum absolute atomic E-state index is 0.171. The Kier molecular flexibility index (Phi) is 5.10. The van der Waals surface area contributed by atoms with Gasteiger partial charge in [0.15, 0.2) is 0 Å². The highest BCUT2D eigenvalue weighted by molar-refractivity contribution is 6.30. The predicted octanol–water partition coefficient (Wildman–Crippen LogP) is 4.08. The van der Waals surface area contributed by atoms with E-state index in [0.717, 1.165) is 24.1 Å². The van der Waals surface area contributed by atoms with Gasteiger partial charge >= 0.3 is 0 Å². The second-order valence-electron chi connectivity index (χ2n) is 4.80. The second kappa shape index (κ2) is 6.82. The molecule has 0 radical (unpaired) electrons. The quantitative estimate of drug-likeness (QED) is 0.898. The maximum Gasteiger partial charge on any atom is 0.141 e. The first-order valence-corrected chi connectivity index (χ1v) is 7.07. The van der Waals surface area contributed by atoms with Crippen molar-refractivity contribution < 1.29 is 4.39 Å². The number of nitrogens with one attached hydrogen (secondary N) is 1. The molecule has 0 aliphatic heterocycles. The molecule has 1 N–H and O–H groups in total. The van der Waals surface area contributed by atoms with E-state index in [4.69, 9.17) is 11.6 Å². The molecule has 2 rings (SSSR count). The first-order valence-electron chi connectivity index (χ1n) is 6.69. The van der Waals surface area contributed by atoms with E-state index in [1.165, 1.54) is 11.6 Å². The lowest BCUT2D eigenvalue weighted by molar-refractivity contribution is 0.545. The third kappa shape index (κ3) is 3.56. The van der Waals surface area contributed by atoms with Crippen LogP contribution in [0.4, 0.5) is 4.39 Å². The number of likely N-dealkylation sites (N-methyl/N-ethyl adjacent to an activating group) is 1. The first-order chi connectivity index (χ1) is 9.61. The van der Waals surface area contributed by atoms with Crippen molar-refractivity contribution in [2.45, 2.75) is 26.3 Å². The van der Waals surface area contributed by atoms with Crippen LogP contribution in [-0.4, -0.2) is 11.5 Å². The van der Waals surface area contributed by atoms with E-state index >= 15 is 0 Å². The van der Waals surface area contributed by atoms with Crippen LogP contribution in [0.25, 0.3) is 0 Å². The fourth-order valence-corrected chi connectivity index (χ4v) is 2.52. The summed E-state index contributed by atoms with van der Waals surface area (Å²) in [7, 11) is 0. The molecule has 20 heavy (non-hydrogen) atoms. The average molecular weight is 293 g/mol. The van der Waals surface area contributed by atoms with Crippen LogP contribution in [0.2, 0.25) is 5.02 Å². The Morgan fingerprint density at radius 3 is 2.80 bits per heavy atom. The van der Waals surface area contributed by atoms with Crippen molar-refractivity contribution >= 4 is 11.6 Å². The van der Waals surface area contributed by atoms with Gasteiger partial charge in [0.2, 0.25) is 0 Å². The van der Waals surface area contributed by atoms with Crippen LogP contribution in [0.5, 0.6) is 0 Å². The Labute approximate surface area is 124 Å². The fraction of sp³-hybridized carbons (Fsp3) is 0.312. The molecule has 0 amide bonds. The Hall–Kier alpha value is -1.45. The van der Waals surface area contributed by atoms with Gasteiger partial charge in [0.1, 0.15) is 5.82 Å². The molecule has 0 saturated heterocycles. The van der Waals surface area contributed by atoms with Gasteiger partial charge in [0.25, 0.3) is 0 Å². The molecule has 1 atom stereocenters. The van der Waals surface area contributed by atoms with Crippen molar-refractivity contribution in [3.63, 3.8) is 0 Å². The fourth-order valence-electron chi connectivity index (χ4n) is 2.32. The van der Waals surface area contributed by atoms with E-state index in [-0.39, 0.29) is 16.9 Å². The molecule has 2 aromatic rings. The van der Waals surface area contributed by atoms with Crippen LogP contribution in [0.15, 0.2) is 36.7 Å². The zero-order valence-corrected chi connectivity index (χ0v) is 12.4. The lowest BCUT2D eigenvalue weighted by Crippen LogP contribution is -2.23. The molecule has 1 aromatic heterocycles. The summed E-state index contributed by atoms with van der Waals surface area (Å²) in [5, 5.41) is 3.63. The smallest absolute Gasteiger partial charge is 0.141 e. The lowest BCUT2D eigenvalue weighted by Gasteiger charge is -2.20. The number of hydrogen-bond donors (Lipinski definition) is 1. The van der Waals surface area contributed by atoms with Gasteiger partial charge in [0, 0.05) is 18.4 Å². The van der Waals surface area contributed by atoms with E-state index in [1.807, 2.05) is 19.2 Å². The van der Waals surface area contributed by atoms with Crippen LogP contribution >= 0.6 is 11.6 Å². The van der Waals surface area contributed by atoms with Crippen LogP contribution < -0.4 is 5.32 Å². The summed E-state index contributed by atoms with van der Waals surface area (Å²) in [6.07, 6.45) is 4.42. The largest absolute Gasteiger partial charge is 0.310 e. The number of aromatic nitrogens is 1. The molecule has 0 spiro atoms. The molecule has 1 aromatic carbocycles. The minimum Gasteiger partial charge on any atom is -0.310 e. The third-order valence-corrected chi connectivity index (χ3v) is 3.60. The number of hydrogen-bond acceptors (Lipinski definition) is 2. The van der Waals surface area contributed by atoms with Gasteiger partial charge in [-0.3, -0.25) is 4.98 Å². The van der Waals surface area contributed by atoms with Gasteiger partial charge in [-0.15, -0.1) is 0 Å². The molecule has 4 heteroatoms. The number of rotatable bonds is 5. The van der Waals surface area contributed by atoms with Crippen molar-refractivity contribution in [2.24, 2.45) is 0 Å². The Morgan fingerprint density at radius 2 is 2.15 bits per heavy atom. The number of aryl methyl sites for hydroxylation is 1. The maximum absolute atomic E-state index is 13.2. The van der Waals surface area contributed by atoms with E-state index in [2.05, 4.69) is 17.2 Å². The summed E-state index contributed by atoms with van der Waals surface area (Å²) in [5.41, 5.74) is 3.37. The topological polar surface area (TPSA) is 24.9 Å². The third-order valence-electron chi connectivity index (χ3n) is 3.31. The molecule has 1 heterocycles. The van der Waals surface area contributed by atoms with Crippen LogP contribution in [0.1, 0.15) is 29.7 Å². The van der Waals surface area contributed by atoms with Crippen LogP contribution in [0, 0.1) is 12.7 Å². The molecule has 0 bridgehead atoms. The van der Waals surface area contributed by atoms with Crippen molar-refractivity contribution in [3.05, 3.63) is 64.2 Å². The predicted molar refractivity (Wildman–Crippen MR) is 80.5 cm³/mol. The molecule has 0 aliphatic rings. The van der Waals surface area contributed by atoms with Crippen molar-refractivity contribution in [1.29, 1.82) is 0 Å². The number of pyridine rings is 1. The minimum atomic E-state index is -0.379. The Balaban J connectivity index is 2.25. The monoisotopic (exact) mass is 292 g/mol. The summed E-state index contributed by atoms with van der Waals surface area (Å²) >= 11 is 5.85. The number of benzene rings is 1. The second-order valence-corrected chi connectivity index (χ2v) is 5.20. The first kappa shape index (κ1) is 14.9. The van der Waals surface area contributed by atoms with Crippen molar-refractivity contribution in [3.8, 4) is 0 Å². The summed E-state index contributed by atoms with van der Waals surface area (Å²) in [5.74, 6) is -0.379. The molecular weight excluding hydrogens is 275 g/mol. The molecule has 0 aliphatic carbocycles. The van der Waals surface area contributed by atoms with Gasteiger partial charge in [-0.05, 0) is 54.8 Å². The zero-order valence-electron chi connectivity index (χ0n) is 11.7. The van der Waals surface area contributed by atoms with Gasteiger partial charge in [-0.25, -0.2) is 4.39 Å². The van der Waals surface area contributed by atoms with E-state index in [1.54, 1.807) is 18.3 Å². The highest BCUT2D eigenvalue weighted by Crippen LogP contribution is 2.23. The SMILES string of the molecule is CCNC(Cc1ccc(F)c(Cl)c1)c1ccncc1C. The van der Waals surface area contributed by atoms with Gasteiger partial charge in [0.05, 0.1) is 5.02 Å². The standard InChI is InChI=1S/C16H18ClFN2/c1-3-20-16(13-6-7-19-10-11(13)2)9-12-4-5-15(18)14(17)8-12/h4-8,10,16,20H,3,9H2,1-2H3. The Bertz CT molecular complexity index is 586. The Morgan fingerprint density at radius 1 is 1.35 bits per heavy atom. The molecule has 0 fully saturated rings. The molecule has 1 unspecified atom stereocenters. The lowest BCUT2D eigenvalue weighted by atomic mass is 9.96. The summed E-state index contributed by atoms with van der Waals surface area (Å²) < 4.78 is 13.2. The summed E-state index contributed by atoms with van der Waals surface area (Å²) in [4.78, 5) is 4.12. The molecule has 0 saturated carbocycles. The normalized spacial score (nSPS) is 12.4. The number of halogens is 2. The van der Waals surface area contributed by atoms with Crippen molar-refractivity contribution in [2.75, 3.05) is 6.54 Å². The van der Waals surface area contributed by atoms with Gasteiger partial charge in [-0.1, -0.05) is 24.6 Å². The van der Waals surface area contributed by atoms with Gasteiger partial charge in [-0.2, -0.15) is 0 Å². The van der Waals surface area contributed by atoms with Gasteiger partial charge < -0.3 is 5.32 Å². The molecule has 2 nitrogen and oxygen atoms in total. The van der Waals surface area contributed by atoms with E-state index in [0.29, 0.717) is 0 Å². The van der Waals surface area contributed by atoms with E-state index < -0.39 is 0 Å². The summed E-state index contributed by atoms with van der Waals surface area (Å²) in [6, 6.07) is 7.08. The van der Waals surface area contributed by atoms with Crippen molar-refractivity contribution in [1.82, 2.24) is 10.3 Å². The zero-order chi connectivity index (χ0) is 14.5.